The van der Waals surface area contributed by atoms with Crippen molar-refractivity contribution in [3.05, 3.63) is 113 Å². The number of aliphatic hydroxyl groups excluding tert-OH is 1. The highest BCUT2D eigenvalue weighted by molar-refractivity contribution is 6.20. The van der Waals surface area contributed by atoms with E-state index in [9.17, 15) is 20.0 Å². The second-order valence-corrected chi connectivity index (χ2v) is 9.85. The van der Waals surface area contributed by atoms with E-state index in [1.807, 2.05) is 42.5 Å². The minimum atomic E-state index is -0.875. The SMILES string of the molecule is CC(C)(C)c1ccc(C2C(C(=O)c3cc4ccccc4o3)=C(O)C(=O)N2c2ccc(C#N)cc2)cc1. The Morgan fingerprint density at radius 1 is 1.00 bits per heavy atom. The molecule has 1 amide bonds. The van der Waals surface area contributed by atoms with Gasteiger partial charge in [0, 0.05) is 11.1 Å². The Morgan fingerprint density at radius 3 is 2.28 bits per heavy atom. The molecular weight excluding hydrogens is 452 g/mol. The smallest absolute Gasteiger partial charge is 0.294 e. The van der Waals surface area contributed by atoms with Gasteiger partial charge < -0.3 is 9.52 Å². The molecule has 178 valence electrons. The van der Waals surface area contributed by atoms with E-state index in [4.69, 9.17) is 4.42 Å². The fraction of sp³-hybridized carbons (Fsp3) is 0.167. The summed E-state index contributed by atoms with van der Waals surface area (Å²) >= 11 is 0. The summed E-state index contributed by atoms with van der Waals surface area (Å²) in [6.45, 7) is 6.31. The number of nitrogens with zero attached hydrogens (tertiary/aromatic N) is 2. The van der Waals surface area contributed by atoms with Crippen molar-refractivity contribution in [2.24, 2.45) is 0 Å². The molecule has 3 aromatic carbocycles. The molecule has 1 atom stereocenters. The molecule has 0 saturated heterocycles. The van der Waals surface area contributed by atoms with Gasteiger partial charge in [-0.15, -0.1) is 0 Å². The van der Waals surface area contributed by atoms with Crippen LogP contribution < -0.4 is 4.90 Å². The highest BCUT2D eigenvalue weighted by Gasteiger charge is 2.45. The topological polar surface area (TPSA) is 94.5 Å². The lowest BCUT2D eigenvalue weighted by Gasteiger charge is -2.27. The van der Waals surface area contributed by atoms with E-state index >= 15 is 0 Å². The number of nitriles is 1. The molecule has 1 aliphatic heterocycles. The van der Waals surface area contributed by atoms with Gasteiger partial charge in [-0.3, -0.25) is 14.5 Å². The normalized spacial score (nSPS) is 16.0. The predicted molar refractivity (Wildman–Crippen MR) is 137 cm³/mol. The third-order valence-electron chi connectivity index (χ3n) is 6.47. The Morgan fingerprint density at radius 2 is 1.67 bits per heavy atom. The van der Waals surface area contributed by atoms with Gasteiger partial charge in [-0.1, -0.05) is 63.2 Å². The van der Waals surface area contributed by atoms with Crippen LogP contribution >= 0.6 is 0 Å². The average molecular weight is 477 g/mol. The van der Waals surface area contributed by atoms with Gasteiger partial charge in [0.1, 0.15) is 5.58 Å². The summed E-state index contributed by atoms with van der Waals surface area (Å²) < 4.78 is 5.78. The maximum Gasteiger partial charge on any atom is 0.294 e. The van der Waals surface area contributed by atoms with Gasteiger partial charge in [0.05, 0.1) is 23.2 Å². The van der Waals surface area contributed by atoms with Crippen molar-refractivity contribution in [1.29, 1.82) is 5.26 Å². The summed E-state index contributed by atoms with van der Waals surface area (Å²) in [6.07, 6.45) is 0. The number of amides is 1. The number of hydrogen-bond donors (Lipinski definition) is 1. The van der Waals surface area contributed by atoms with E-state index in [0.29, 0.717) is 22.4 Å². The van der Waals surface area contributed by atoms with Crippen LogP contribution in [-0.4, -0.2) is 16.8 Å². The van der Waals surface area contributed by atoms with Crippen LogP contribution in [0.4, 0.5) is 5.69 Å². The van der Waals surface area contributed by atoms with Crippen LogP contribution in [0.1, 0.15) is 54.1 Å². The summed E-state index contributed by atoms with van der Waals surface area (Å²) in [5.41, 5.74) is 3.08. The number of anilines is 1. The molecule has 1 aliphatic rings. The summed E-state index contributed by atoms with van der Waals surface area (Å²) in [5, 5.41) is 20.9. The molecule has 0 bridgehead atoms. The molecule has 5 rings (SSSR count). The number of ketones is 1. The third kappa shape index (κ3) is 3.85. The van der Waals surface area contributed by atoms with Crippen LogP contribution in [0.2, 0.25) is 0 Å². The summed E-state index contributed by atoms with van der Waals surface area (Å²) in [4.78, 5) is 28.5. The van der Waals surface area contributed by atoms with Crippen LogP contribution in [0.3, 0.4) is 0 Å². The molecule has 0 saturated carbocycles. The van der Waals surface area contributed by atoms with Crippen molar-refractivity contribution in [1.82, 2.24) is 0 Å². The van der Waals surface area contributed by atoms with E-state index < -0.39 is 23.5 Å². The second kappa shape index (κ2) is 8.54. The van der Waals surface area contributed by atoms with Crippen molar-refractivity contribution in [3.63, 3.8) is 0 Å². The number of Topliss-reactive ketones (excluding diaryl/α,β-unsaturated/α-hetero) is 1. The van der Waals surface area contributed by atoms with Gasteiger partial charge in [-0.05, 0) is 52.9 Å². The largest absolute Gasteiger partial charge is 0.503 e. The van der Waals surface area contributed by atoms with Crippen molar-refractivity contribution < 1.29 is 19.1 Å². The van der Waals surface area contributed by atoms with E-state index in [1.165, 1.54) is 4.90 Å². The zero-order valence-electron chi connectivity index (χ0n) is 20.1. The van der Waals surface area contributed by atoms with E-state index in [0.717, 1.165) is 10.9 Å². The molecule has 1 N–H and O–H groups in total. The van der Waals surface area contributed by atoms with Crippen LogP contribution in [0.15, 0.2) is 94.6 Å². The standard InChI is InChI=1S/C30H24N2O4/c1-30(2,3)21-12-10-19(11-13-21)26-25(27(33)24-16-20-6-4-5-7-23(20)36-24)28(34)29(35)32(26)22-14-8-18(17-31)9-15-22/h4-16,26,34H,1-3H3. The van der Waals surface area contributed by atoms with Gasteiger partial charge in [0.15, 0.2) is 11.5 Å². The van der Waals surface area contributed by atoms with Crippen LogP contribution in [-0.2, 0) is 10.2 Å². The molecule has 4 aromatic rings. The minimum absolute atomic E-state index is 0.0449. The first kappa shape index (κ1) is 23.1. The van der Waals surface area contributed by atoms with Crippen molar-refractivity contribution in [2.45, 2.75) is 32.2 Å². The quantitative estimate of drug-likeness (QED) is 0.345. The molecule has 36 heavy (non-hydrogen) atoms. The number of aliphatic hydroxyl groups is 1. The molecule has 2 heterocycles. The number of furan rings is 1. The highest BCUT2D eigenvalue weighted by atomic mass is 16.3. The van der Waals surface area contributed by atoms with Crippen LogP contribution in [0, 0.1) is 11.3 Å². The Balaban J connectivity index is 1.65. The van der Waals surface area contributed by atoms with Crippen LogP contribution in [0.5, 0.6) is 0 Å². The molecule has 1 unspecified atom stereocenters. The van der Waals surface area contributed by atoms with Crippen LogP contribution in [0.25, 0.3) is 11.0 Å². The average Bonchev–Trinajstić information content (AvgIpc) is 3.42. The highest BCUT2D eigenvalue weighted by Crippen LogP contribution is 2.42. The monoisotopic (exact) mass is 476 g/mol. The molecule has 0 fully saturated rings. The molecule has 0 aliphatic carbocycles. The van der Waals surface area contributed by atoms with E-state index in [-0.39, 0.29) is 16.7 Å². The Labute approximate surface area is 208 Å². The fourth-order valence-corrected chi connectivity index (χ4v) is 4.51. The van der Waals surface area contributed by atoms with Gasteiger partial charge in [-0.2, -0.15) is 5.26 Å². The predicted octanol–water partition coefficient (Wildman–Crippen LogP) is 6.38. The molecule has 6 nitrogen and oxygen atoms in total. The number of rotatable bonds is 4. The Hall–Kier alpha value is -4.63. The van der Waals surface area contributed by atoms with Gasteiger partial charge in [0.2, 0.25) is 5.78 Å². The van der Waals surface area contributed by atoms with Crippen molar-refractivity contribution in [2.75, 3.05) is 4.90 Å². The third-order valence-corrected chi connectivity index (χ3v) is 6.47. The van der Waals surface area contributed by atoms with Crippen molar-refractivity contribution >= 4 is 28.3 Å². The Kier molecular flexibility index (Phi) is 5.49. The van der Waals surface area contributed by atoms with Gasteiger partial charge in [0.25, 0.3) is 5.91 Å². The number of carbonyl (C=O) groups excluding carboxylic acids is 2. The lowest BCUT2D eigenvalue weighted by molar-refractivity contribution is -0.117. The molecule has 0 radical (unpaired) electrons. The first-order valence-corrected chi connectivity index (χ1v) is 11.6. The van der Waals surface area contributed by atoms with E-state index in [1.54, 1.807) is 36.4 Å². The lowest BCUT2D eigenvalue weighted by Crippen LogP contribution is -2.31. The van der Waals surface area contributed by atoms with Crippen molar-refractivity contribution in [3.8, 4) is 6.07 Å². The molecule has 6 heteroatoms. The number of para-hydroxylation sites is 1. The van der Waals surface area contributed by atoms with Gasteiger partial charge >= 0.3 is 0 Å². The maximum atomic E-state index is 13.7. The maximum absolute atomic E-state index is 13.7. The Bertz CT molecular complexity index is 1530. The number of fused-ring (bicyclic) bond motifs is 1. The summed E-state index contributed by atoms with van der Waals surface area (Å²) in [7, 11) is 0. The zero-order chi connectivity index (χ0) is 25.6. The number of carbonyl (C=O) groups is 2. The second-order valence-electron chi connectivity index (χ2n) is 9.85. The van der Waals surface area contributed by atoms with E-state index in [2.05, 4.69) is 26.8 Å². The zero-order valence-corrected chi connectivity index (χ0v) is 20.1. The molecular formula is C30H24N2O4. The lowest BCUT2D eigenvalue weighted by atomic mass is 9.85. The first-order chi connectivity index (χ1) is 17.2. The number of benzene rings is 3. The number of hydrogen-bond acceptors (Lipinski definition) is 5. The first-order valence-electron chi connectivity index (χ1n) is 11.6. The molecule has 1 aromatic heterocycles. The molecule has 0 spiro atoms. The van der Waals surface area contributed by atoms with Gasteiger partial charge in [-0.25, -0.2) is 0 Å². The fourth-order valence-electron chi connectivity index (χ4n) is 4.51. The minimum Gasteiger partial charge on any atom is -0.503 e. The summed E-state index contributed by atoms with van der Waals surface area (Å²) in [5.74, 6) is -1.82. The summed E-state index contributed by atoms with van der Waals surface area (Å²) in [6, 6.07) is 24.2.